The van der Waals surface area contributed by atoms with Gasteiger partial charge < -0.3 is 10.1 Å². The fraction of sp³-hybridized carbons (Fsp3) is 0.250. The summed E-state index contributed by atoms with van der Waals surface area (Å²) >= 11 is 18.3. The van der Waals surface area contributed by atoms with Crippen LogP contribution in [0.15, 0.2) is 36.4 Å². The summed E-state index contributed by atoms with van der Waals surface area (Å²) in [6, 6.07) is 11.5. The Morgan fingerprint density at radius 3 is 2.57 bits per heavy atom. The Morgan fingerprint density at radius 1 is 1.10 bits per heavy atom. The highest BCUT2D eigenvalue weighted by molar-refractivity contribution is 6.41. The van der Waals surface area contributed by atoms with Crippen LogP contribution in [0.25, 0.3) is 0 Å². The number of halogens is 3. The van der Waals surface area contributed by atoms with E-state index in [4.69, 9.17) is 39.5 Å². The quantitative estimate of drug-likeness (QED) is 0.781. The Balaban J connectivity index is 1.78. The summed E-state index contributed by atoms with van der Waals surface area (Å²) in [7, 11) is 0. The Labute approximate surface area is 139 Å². The minimum atomic E-state index is 0.373. The summed E-state index contributed by atoms with van der Waals surface area (Å²) in [5.41, 5.74) is 1.95. The van der Waals surface area contributed by atoms with Gasteiger partial charge in [-0.25, -0.2) is 0 Å². The average molecular weight is 343 g/mol. The molecule has 2 aromatic rings. The zero-order valence-electron chi connectivity index (χ0n) is 11.2. The Kier molecular flexibility index (Phi) is 4.48. The minimum absolute atomic E-state index is 0.373. The standard InChI is InChI=1S/C16H14Cl3NO/c17-11-7-13(18)16(14(19)8-11)20-9-10-5-6-21-15-4-2-1-3-12(10)15/h1-4,7-8,10,20H,5-6,9H2. The van der Waals surface area contributed by atoms with Crippen molar-refractivity contribution in [1.82, 2.24) is 0 Å². The molecule has 0 spiro atoms. The van der Waals surface area contributed by atoms with Crippen molar-refractivity contribution >= 4 is 40.5 Å². The first kappa shape index (κ1) is 14.8. The van der Waals surface area contributed by atoms with Gasteiger partial charge in [0.1, 0.15) is 5.75 Å². The molecule has 1 N–H and O–H groups in total. The van der Waals surface area contributed by atoms with Crippen molar-refractivity contribution in [3.63, 3.8) is 0 Å². The van der Waals surface area contributed by atoms with E-state index in [1.165, 1.54) is 5.56 Å². The third kappa shape index (κ3) is 3.23. The molecule has 1 aliphatic rings. The smallest absolute Gasteiger partial charge is 0.122 e. The monoisotopic (exact) mass is 341 g/mol. The largest absolute Gasteiger partial charge is 0.493 e. The zero-order valence-corrected chi connectivity index (χ0v) is 13.5. The van der Waals surface area contributed by atoms with E-state index in [0.717, 1.165) is 31.0 Å². The third-order valence-corrected chi connectivity index (χ3v) is 4.43. The molecule has 0 aromatic heterocycles. The summed E-state index contributed by atoms with van der Waals surface area (Å²) in [4.78, 5) is 0. The molecule has 21 heavy (non-hydrogen) atoms. The van der Waals surface area contributed by atoms with Crippen LogP contribution in [0, 0.1) is 0 Å². The molecule has 0 fully saturated rings. The summed E-state index contributed by atoms with van der Waals surface area (Å²) in [5.74, 6) is 1.33. The topological polar surface area (TPSA) is 21.3 Å². The van der Waals surface area contributed by atoms with Gasteiger partial charge in [-0.15, -0.1) is 0 Å². The van der Waals surface area contributed by atoms with E-state index in [0.29, 0.717) is 21.0 Å². The molecule has 2 aromatic carbocycles. The molecule has 5 heteroatoms. The SMILES string of the molecule is Clc1cc(Cl)c(NCC2CCOc3ccccc32)c(Cl)c1. The van der Waals surface area contributed by atoms with Gasteiger partial charge >= 0.3 is 0 Å². The molecule has 2 nitrogen and oxygen atoms in total. The lowest BCUT2D eigenvalue weighted by Gasteiger charge is -2.26. The van der Waals surface area contributed by atoms with Crippen molar-refractivity contribution in [2.75, 3.05) is 18.5 Å². The van der Waals surface area contributed by atoms with Crippen LogP contribution in [0.2, 0.25) is 15.1 Å². The van der Waals surface area contributed by atoms with Crippen molar-refractivity contribution in [3.05, 3.63) is 57.0 Å². The van der Waals surface area contributed by atoms with Gasteiger partial charge in [0.25, 0.3) is 0 Å². The van der Waals surface area contributed by atoms with Gasteiger partial charge in [0.15, 0.2) is 0 Å². The van der Waals surface area contributed by atoms with Gasteiger partial charge in [0, 0.05) is 17.5 Å². The van der Waals surface area contributed by atoms with Gasteiger partial charge in [-0.2, -0.15) is 0 Å². The van der Waals surface area contributed by atoms with E-state index < -0.39 is 0 Å². The molecule has 0 saturated heterocycles. The fourth-order valence-electron chi connectivity index (χ4n) is 2.56. The number of nitrogens with one attached hydrogen (secondary N) is 1. The molecule has 0 amide bonds. The molecular formula is C16H14Cl3NO. The Bertz CT molecular complexity index is 637. The van der Waals surface area contributed by atoms with Crippen molar-refractivity contribution in [2.45, 2.75) is 12.3 Å². The molecule has 110 valence electrons. The first-order valence-electron chi connectivity index (χ1n) is 6.75. The number of hydrogen-bond donors (Lipinski definition) is 1. The summed E-state index contributed by atoms with van der Waals surface area (Å²) < 4.78 is 5.67. The summed E-state index contributed by atoms with van der Waals surface area (Å²) in [6.07, 6.45) is 0.965. The van der Waals surface area contributed by atoms with Gasteiger partial charge in [0.2, 0.25) is 0 Å². The highest BCUT2D eigenvalue weighted by atomic mass is 35.5. The lowest BCUT2D eigenvalue weighted by Crippen LogP contribution is -2.20. The number of anilines is 1. The first-order chi connectivity index (χ1) is 10.1. The Hall–Kier alpha value is -1.09. The molecule has 0 bridgehead atoms. The zero-order chi connectivity index (χ0) is 14.8. The van der Waals surface area contributed by atoms with E-state index in [2.05, 4.69) is 11.4 Å². The van der Waals surface area contributed by atoms with Crippen molar-refractivity contribution in [2.24, 2.45) is 0 Å². The van der Waals surface area contributed by atoms with Crippen molar-refractivity contribution in [1.29, 1.82) is 0 Å². The van der Waals surface area contributed by atoms with Crippen LogP contribution in [0.5, 0.6) is 5.75 Å². The molecule has 3 rings (SSSR count). The van der Waals surface area contributed by atoms with Crippen LogP contribution in [-0.2, 0) is 0 Å². The van der Waals surface area contributed by atoms with Crippen LogP contribution < -0.4 is 10.1 Å². The number of hydrogen-bond acceptors (Lipinski definition) is 2. The van der Waals surface area contributed by atoms with E-state index in [-0.39, 0.29) is 0 Å². The van der Waals surface area contributed by atoms with Crippen LogP contribution in [-0.4, -0.2) is 13.2 Å². The Morgan fingerprint density at radius 2 is 1.81 bits per heavy atom. The maximum Gasteiger partial charge on any atom is 0.122 e. The number of para-hydroxylation sites is 1. The van der Waals surface area contributed by atoms with E-state index in [1.807, 2.05) is 18.2 Å². The average Bonchev–Trinajstić information content (AvgIpc) is 2.46. The van der Waals surface area contributed by atoms with Gasteiger partial charge in [-0.3, -0.25) is 0 Å². The normalized spacial score (nSPS) is 17.0. The number of benzene rings is 2. The van der Waals surface area contributed by atoms with Gasteiger partial charge in [-0.05, 0) is 30.2 Å². The van der Waals surface area contributed by atoms with Crippen LogP contribution >= 0.6 is 34.8 Å². The highest BCUT2D eigenvalue weighted by Crippen LogP contribution is 2.36. The van der Waals surface area contributed by atoms with Crippen molar-refractivity contribution < 1.29 is 4.74 Å². The second-order valence-corrected chi connectivity index (χ2v) is 6.25. The van der Waals surface area contributed by atoms with E-state index in [9.17, 15) is 0 Å². The predicted octanol–water partition coefficient (Wildman–Crippen LogP) is 5.63. The number of rotatable bonds is 3. The molecule has 0 radical (unpaired) electrons. The highest BCUT2D eigenvalue weighted by Gasteiger charge is 2.21. The minimum Gasteiger partial charge on any atom is -0.493 e. The molecule has 1 unspecified atom stereocenters. The van der Waals surface area contributed by atoms with Gasteiger partial charge in [-0.1, -0.05) is 53.0 Å². The fourth-order valence-corrected chi connectivity index (χ4v) is 3.51. The van der Waals surface area contributed by atoms with Crippen LogP contribution in [0.4, 0.5) is 5.69 Å². The molecule has 0 aliphatic carbocycles. The number of ether oxygens (including phenoxy) is 1. The predicted molar refractivity (Wildman–Crippen MR) is 89.3 cm³/mol. The van der Waals surface area contributed by atoms with Crippen molar-refractivity contribution in [3.8, 4) is 5.75 Å². The molecule has 0 saturated carbocycles. The molecule has 1 aliphatic heterocycles. The lowest BCUT2D eigenvalue weighted by atomic mass is 9.93. The summed E-state index contributed by atoms with van der Waals surface area (Å²) in [6.45, 7) is 1.48. The molecule has 1 heterocycles. The van der Waals surface area contributed by atoms with Crippen LogP contribution in [0.1, 0.15) is 17.9 Å². The number of fused-ring (bicyclic) bond motifs is 1. The van der Waals surface area contributed by atoms with Gasteiger partial charge in [0.05, 0.1) is 22.3 Å². The molecule has 1 atom stereocenters. The lowest BCUT2D eigenvalue weighted by molar-refractivity contribution is 0.270. The van der Waals surface area contributed by atoms with E-state index in [1.54, 1.807) is 12.1 Å². The second kappa shape index (κ2) is 6.35. The van der Waals surface area contributed by atoms with E-state index >= 15 is 0 Å². The summed E-state index contributed by atoms with van der Waals surface area (Å²) in [5, 5.41) is 4.95. The maximum atomic E-state index is 6.20. The first-order valence-corrected chi connectivity index (χ1v) is 7.88. The second-order valence-electron chi connectivity index (χ2n) is 5.00. The molecular weight excluding hydrogens is 329 g/mol. The third-order valence-electron chi connectivity index (χ3n) is 3.61. The van der Waals surface area contributed by atoms with Crippen LogP contribution in [0.3, 0.4) is 0 Å². The maximum absolute atomic E-state index is 6.20.